The molecule has 13 nitrogen and oxygen atoms in total. The van der Waals surface area contributed by atoms with Crippen LogP contribution in [0.2, 0.25) is 0 Å². The van der Waals surface area contributed by atoms with Crippen LogP contribution in [0.25, 0.3) is 0 Å². The van der Waals surface area contributed by atoms with Crippen LogP contribution >= 0.6 is 22.7 Å². The Balaban J connectivity index is 1.31. The van der Waals surface area contributed by atoms with Crippen LogP contribution < -0.4 is 10.0 Å². The number of thiophene rings is 1. The summed E-state index contributed by atoms with van der Waals surface area (Å²) in [6, 6.07) is 12.7. The lowest BCUT2D eigenvalue weighted by Gasteiger charge is -2.08. The molecular formula is C22H16N4O9S4. The number of anilines is 2. The number of nitrogens with one attached hydrogen (secondary N) is 2. The van der Waals surface area contributed by atoms with Crippen LogP contribution in [0.4, 0.5) is 16.5 Å². The Morgan fingerprint density at radius 3 is 2.28 bits per heavy atom. The van der Waals surface area contributed by atoms with Gasteiger partial charge in [0.25, 0.3) is 21.6 Å². The lowest BCUT2D eigenvalue weighted by molar-refractivity contribution is -0.384. The molecule has 0 saturated heterocycles. The van der Waals surface area contributed by atoms with Crippen molar-refractivity contribution in [3.8, 4) is 0 Å². The molecule has 2 heterocycles. The second-order valence-corrected chi connectivity index (χ2v) is 13.5. The molecule has 0 unspecified atom stereocenters. The highest BCUT2D eigenvalue weighted by Gasteiger charge is 2.23. The highest BCUT2D eigenvalue weighted by atomic mass is 32.2. The minimum absolute atomic E-state index is 0.0626. The van der Waals surface area contributed by atoms with E-state index in [1.165, 1.54) is 30.3 Å². The van der Waals surface area contributed by atoms with Crippen molar-refractivity contribution in [1.29, 1.82) is 0 Å². The lowest BCUT2D eigenvalue weighted by atomic mass is 10.2. The number of non-ortho nitro benzene ring substituents is 1. The van der Waals surface area contributed by atoms with Gasteiger partial charge in [-0.15, -0.1) is 11.3 Å². The number of nitro benzene ring substituents is 1. The predicted octanol–water partition coefficient (Wildman–Crippen LogP) is 3.54. The van der Waals surface area contributed by atoms with Crippen LogP contribution in [-0.4, -0.2) is 45.2 Å². The highest BCUT2D eigenvalue weighted by molar-refractivity contribution is 7.94. The number of benzene rings is 2. The van der Waals surface area contributed by atoms with Crippen LogP contribution in [-0.2, 0) is 29.4 Å². The summed E-state index contributed by atoms with van der Waals surface area (Å²) >= 11 is 1.70. The fourth-order valence-corrected chi connectivity index (χ4v) is 7.47. The number of esters is 1. The van der Waals surface area contributed by atoms with Gasteiger partial charge in [-0.05, 0) is 47.8 Å². The Morgan fingerprint density at radius 2 is 1.67 bits per heavy atom. The first kappa shape index (κ1) is 27.8. The van der Waals surface area contributed by atoms with Gasteiger partial charge in [0.15, 0.2) is 11.7 Å². The van der Waals surface area contributed by atoms with Gasteiger partial charge in [0.1, 0.15) is 8.42 Å². The van der Waals surface area contributed by atoms with Gasteiger partial charge in [-0.1, -0.05) is 17.4 Å². The molecule has 1 amide bonds. The fraction of sp³-hybridized carbons (Fsp3) is 0.0455. The Labute approximate surface area is 229 Å². The molecule has 0 aliphatic heterocycles. The number of thiazole rings is 1. The maximum atomic E-state index is 12.7. The molecule has 4 rings (SSSR count). The molecule has 0 fully saturated rings. The number of aromatic nitrogens is 1. The molecule has 0 saturated carbocycles. The maximum absolute atomic E-state index is 12.7. The van der Waals surface area contributed by atoms with E-state index in [1.807, 2.05) is 0 Å². The van der Waals surface area contributed by atoms with Crippen molar-refractivity contribution in [3.63, 3.8) is 0 Å². The van der Waals surface area contributed by atoms with Crippen molar-refractivity contribution < 1.29 is 36.1 Å². The monoisotopic (exact) mass is 608 g/mol. The van der Waals surface area contributed by atoms with Crippen LogP contribution in [0.15, 0.2) is 85.6 Å². The van der Waals surface area contributed by atoms with Crippen molar-refractivity contribution in [1.82, 2.24) is 4.98 Å². The molecule has 0 spiro atoms. The number of sulfonamides is 1. The Morgan fingerprint density at radius 1 is 0.974 bits per heavy atom. The summed E-state index contributed by atoms with van der Waals surface area (Å²) in [5.41, 5.74) is 0.0176. The number of carbonyl (C=O) groups excluding carboxylic acids is 2. The molecule has 0 bridgehead atoms. The molecule has 0 radical (unpaired) electrons. The molecule has 0 aliphatic carbocycles. The van der Waals surface area contributed by atoms with Crippen molar-refractivity contribution in [3.05, 3.63) is 87.9 Å². The van der Waals surface area contributed by atoms with Gasteiger partial charge in [-0.3, -0.25) is 24.9 Å². The average molecular weight is 609 g/mol. The number of carbonyl (C=O) groups is 2. The van der Waals surface area contributed by atoms with Crippen LogP contribution in [0.3, 0.4) is 0 Å². The number of nitro groups is 1. The zero-order chi connectivity index (χ0) is 28.2. The summed E-state index contributed by atoms with van der Waals surface area (Å²) in [5.74, 6) is -1.63. The van der Waals surface area contributed by atoms with Gasteiger partial charge in [0.05, 0.1) is 21.6 Å². The first-order valence-electron chi connectivity index (χ1n) is 10.5. The minimum atomic E-state index is -4.03. The number of nitrogens with zero attached hydrogens (tertiary/aromatic N) is 2. The van der Waals surface area contributed by atoms with E-state index in [-0.39, 0.29) is 35.4 Å². The van der Waals surface area contributed by atoms with E-state index in [1.54, 1.807) is 11.4 Å². The Hall–Kier alpha value is -4.19. The first-order valence-corrected chi connectivity index (χ1v) is 15.2. The first-order chi connectivity index (χ1) is 18.5. The van der Waals surface area contributed by atoms with Gasteiger partial charge in [0.2, 0.25) is 9.84 Å². The van der Waals surface area contributed by atoms with Gasteiger partial charge >= 0.3 is 5.97 Å². The van der Waals surface area contributed by atoms with Gasteiger partial charge in [0, 0.05) is 17.8 Å². The van der Waals surface area contributed by atoms with E-state index < -0.39 is 43.3 Å². The van der Waals surface area contributed by atoms with E-state index in [0.29, 0.717) is 11.3 Å². The molecular weight excluding hydrogens is 593 g/mol. The Kier molecular flexibility index (Phi) is 8.05. The van der Waals surface area contributed by atoms with E-state index in [9.17, 15) is 36.5 Å². The molecule has 4 aromatic rings. The molecule has 2 aromatic heterocycles. The quantitative estimate of drug-likeness (QED) is 0.153. The van der Waals surface area contributed by atoms with E-state index >= 15 is 0 Å². The molecule has 2 aromatic carbocycles. The Bertz CT molecular complexity index is 1730. The minimum Gasteiger partial charge on any atom is -0.452 e. The summed E-state index contributed by atoms with van der Waals surface area (Å²) in [7, 11) is -7.78. The fourth-order valence-electron chi connectivity index (χ4n) is 2.97. The van der Waals surface area contributed by atoms with Gasteiger partial charge in [-0.2, -0.15) is 0 Å². The SMILES string of the molecule is O=C(COC(=O)c1ccc(NS(=O)(=O)c2cccs2)cc1)Nc1ncc(S(=O)(=O)c2ccc([N+](=O)[O-])cc2)s1. The van der Waals surface area contributed by atoms with Gasteiger partial charge in [-0.25, -0.2) is 26.6 Å². The second kappa shape index (κ2) is 11.3. The van der Waals surface area contributed by atoms with Crippen molar-refractivity contribution in [2.24, 2.45) is 0 Å². The zero-order valence-electron chi connectivity index (χ0n) is 19.3. The molecule has 39 heavy (non-hydrogen) atoms. The van der Waals surface area contributed by atoms with Gasteiger partial charge < -0.3 is 4.74 Å². The van der Waals surface area contributed by atoms with E-state index in [2.05, 4.69) is 15.0 Å². The molecule has 17 heteroatoms. The highest BCUT2D eigenvalue weighted by Crippen LogP contribution is 2.29. The third-order valence-corrected chi connectivity index (χ3v) is 10.7. The number of rotatable bonds is 10. The van der Waals surface area contributed by atoms with Crippen LogP contribution in [0.5, 0.6) is 0 Å². The number of amides is 1. The van der Waals surface area contributed by atoms with Crippen LogP contribution in [0.1, 0.15) is 10.4 Å². The lowest BCUT2D eigenvalue weighted by Crippen LogP contribution is -2.20. The topological polar surface area (TPSA) is 192 Å². The van der Waals surface area contributed by atoms with Crippen molar-refractivity contribution >= 4 is 70.9 Å². The molecule has 0 atom stereocenters. The van der Waals surface area contributed by atoms with E-state index in [0.717, 1.165) is 41.8 Å². The number of ether oxygens (including phenoxy) is 1. The number of hydrogen-bond donors (Lipinski definition) is 2. The van der Waals surface area contributed by atoms with Crippen molar-refractivity contribution in [2.45, 2.75) is 13.3 Å². The summed E-state index contributed by atoms with van der Waals surface area (Å²) in [5, 5.41) is 14.6. The third kappa shape index (κ3) is 6.63. The molecule has 0 aliphatic rings. The second-order valence-electron chi connectivity index (χ2n) is 7.48. The summed E-state index contributed by atoms with van der Waals surface area (Å²) in [6.45, 7) is -0.699. The number of hydrogen-bond acceptors (Lipinski definition) is 12. The third-order valence-electron chi connectivity index (χ3n) is 4.82. The summed E-state index contributed by atoms with van der Waals surface area (Å²) in [4.78, 5) is 38.2. The predicted molar refractivity (Wildman–Crippen MR) is 141 cm³/mol. The standard InChI is InChI=1S/C22H16N4O9S4/c27-18(24-22-23-12-20(37-22)38(31,32)17-9-7-16(8-10-17)26(29)30)13-35-21(28)14-3-5-15(6-4-14)25-39(33,34)19-2-1-11-36-19/h1-12,25H,13H2,(H,23,24,27). The summed E-state index contributed by atoms with van der Waals surface area (Å²) in [6.07, 6.45) is 1.03. The van der Waals surface area contributed by atoms with Crippen LogP contribution in [0, 0.1) is 10.1 Å². The summed E-state index contributed by atoms with van der Waals surface area (Å²) < 4.78 is 57.3. The van der Waals surface area contributed by atoms with Crippen molar-refractivity contribution in [2.75, 3.05) is 16.6 Å². The normalized spacial score (nSPS) is 11.5. The molecule has 202 valence electrons. The zero-order valence-corrected chi connectivity index (χ0v) is 22.6. The largest absolute Gasteiger partial charge is 0.452 e. The van der Waals surface area contributed by atoms with E-state index in [4.69, 9.17) is 4.74 Å². The number of sulfone groups is 1. The average Bonchev–Trinajstić information content (AvgIpc) is 3.61. The maximum Gasteiger partial charge on any atom is 0.338 e. The molecule has 2 N–H and O–H groups in total. The smallest absolute Gasteiger partial charge is 0.338 e.